The van der Waals surface area contributed by atoms with Gasteiger partial charge < -0.3 is 0 Å². The van der Waals surface area contributed by atoms with Crippen LogP contribution in [-0.4, -0.2) is 33.3 Å². The van der Waals surface area contributed by atoms with E-state index in [-0.39, 0.29) is 6.54 Å². The number of halogens is 1. The predicted molar refractivity (Wildman–Crippen MR) is 123 cm³/mol. The Kier molecular flexibility index (Phi) is 5.62. The third-order valence-corrected chi connectivity index (χ3v) is 6.91. The Hall–Kier alpha value is -2.71. The number of hydrogen-bond donors (Lipinski definition) is 1. The van der Waals surface area contributed by atoms with Gasteiger partial charge in [-0.1, -0.05) is 42.5 Å². The molecule has 1 N–H and O–H groups in total. The van der Waals surface area contributed by atoms with Gasteiger partial charge in [0.05, 0.1) is 18.2 Å². The van der Waals surface area contributed by atoms with Gasteiger partial charge in [0, 0.05) is 10.0 Å². The first kappa shape index (κ1) is 20.6. The van der Waals surface area contributed by atoms with Gasteiger partial charge in [-0.3, -0.25) is 9.10 Å². The summed E-state index contributed by atoms with van der Waals surface area (Å²) in [5.74, 6) is -0.529. The maximum absolute atomic E-state index is 12.4. The summed E-state index contributed by atoms with van der Waals surface area (Å²) in [6, 6.07) is 17.2. The molecule has 0 radical (unpaired) electrons. The molecule has 3 aromatic rings. The first-order chi connectivity index (χ1) is 14.3. The van der Waals surface area contributed by atoms with Crippen molar-refractivity contribution in [3.8, 4) is 0 Å². The Morgan fingerprint density at radius 1 is 1.10 bits per heavy atom. The van der Waals surface area contributed by atoms with Crippen LogP contribution in [0.4, 0.5) is 5.69 Å². The number of amides is 1. The lowest BCUT2D eigenvalue weighted by Gasteiger charge is -2.22. The quantitative estimate of drug-likeness (QED) is 0.427. The second-order valence-corrected chi connectivity index (χ2v) is 9.93. The fourth-order valence-corrected chi connectivity index (χ4v) is 5.24. The van der Waals surface area contributed by atoms with E-state index in [1.165, 1.54) is 16.5 Å². The van der Waals surface area contributed by atoms with E-state index < -0.39 is 15.9 Å². The molecule has 0 fully saturated rings. The Morgan fingerprint density at radius 3 is 2.57 bits per heavy atom. The summed E-state index contributed by atoms with van der Waals surface area (Å²) in [6.07, 6.45) is 4.75. The molecule has 0 aliphatic heterocycles. The van der Waals surface area contributed by atoms with Crippen molar-refractivity contribution in [3.63, 3.8) is 0 Å². The van der Waals surface area contributed by atoms with E-state index in [1.54, 1.807) is 30.5 Å². The summed E-state index contributed by atoms with van der Waals surface area (Å²) < 4.78 is 26.1. The van der Waals surface area contributed by atoms with E-state index in [1.807, 2.05) is 12.1 Å². The standard InChI is InChI=1S/C22H20BrN3O3S/c1-30(28,29)26(20-8-3-2-7-19(20)23)14-21(27)25-24-13-17-12-11-16-10-9-15-5-4-6-18(17)22(15)16/h2-8,11-13H,9-10,14H2,1H3,(H,25,27)/b24-13-. The van der Waals surface area contributed by atoms with Crippen molar-refractivity contribution >= 4 is 54.5 Å². The van der Waals surface area contributed by atoms with Crippen LogP contribution in [0.5, 0.6) is 0 Å². The second kappa shape index (κ2) is 8.20. The number of nitrogens with one attached hydrogen (secondary N) is 1. The zero-order valence-corrected chi connectivity index (χ0v) is 18.7. The summed E-state index contributed by atoms with van der Waals surface area (Å²) in [5.41, 5.74) is 6.41. The maximum Gasteiger partial charge on any atom is 0.260 e. The highest BCUT2D eigenvalue weighted by atomic mass is 79.9. The minimum Gasteiger partial charge on any atom is -0.271 e. The predicted octanol–water partition coefficient (Wildman–Crippen LogP) is 3.62. The largest absolute Gasteiger partial charge is 0.271 e. The minimum absolute atomic E-state index is 0.372. The molecule has 8 heteroatoms. The van der Waals surface area contributed by atoms with Gasteiger partial charge in [-0.2, -0.15) is 5.10 Å². The molecule has 0 atom stereocenters. The van der Waals surface area contributed by atoms with Gasteiger partial charge in [0.15, 0.2) is 0 Å². The third-order valence-electron chi connectivity index (χ3n) is 5.11. The number of anilines is 1. The lowest BCUT2D eigenvalue weighted by molar-refractivity contribution is -0.119. The molecule has 0 aromatic heterocycles. The average Bonchev–Trinajstić information content (AvgIpc) is 3.13. The third kappa shape index (κ3) is 4.11. The van der Waals surface area contributed by atoms with Crippen molar-refractivity contribution in [2.24, 2.45) is 5.10 Å². The van der Waals surface area contributed by atoms with E-state index >= 15 is 0 Å². The lowest BCUT2D eigenvalue weighted by Crippen LogP contribution is -2.39. The van der Waals surface area contributed by atoms with Crippen molar-refractivity contribution in [2.75, 3.05) is 17.1 Å². The van der Waals surface area contributed by atoms with Crippen LogP contribution in [0.2, 0.25) is 0 Å². The molecule has 1 aliphatic carbocycles. The monoisotopic (exact) mass is 485 g/mol. The smallest absolute Gasteiger partial charge is 0.260 e. The second-order valence-electron chi connectivity index (χ2n) is 7.17. The Balaban J connectivity index is 1.52. The molecular formula is C22H20BrN3O3S. The van der Waals surface area contributed by atoms with Crippen LogP contribution >= 0.6 is 15.9 Å². The van der Waals surface area contributed by atoms with Gasteiger partial charge in [-0.25, -0.2) is 13.8 Å². The SMILES string of the molecule is CS(=O)(=O)N(CC(=O)N/N=C\c1ccc2c3c(cccc13)CC2)c1ccccc1Br. The Labute approximate surface area is 183 Å². The molecule has 0 unspecified atom stereocenters. The molecule has 0 saturated carbocycles. The molecule has 1 amide bonds. The van der Waals surface area contributed by atoms with Crippen LogP contribution in [0.25, 0.3) is 10.8 Å². The number of hydrazone groups is 1. The minimum atomic E-state index is -3.65. The number of sulfonamides is 1. The van der Waals surface area contributed by atoms with Gasteiger partial charge in [-0.15, -0.1) is 0 Å². The van der Waals surface area contributed by atoms with Crippen LogP contribution in [0, 0.1) is 0 Å². The zero-order valence-electron chi connectivity index (χ0n) is 16.3. The molecule has 30 heavy (non-hydrogen) atoms. The molecular weight excluding hydrogens is 466 g/mol. The number of para-hydroxylation sites is 1. The van der Waals surface area contributed by atoms with Crippen molar-refractivity contribution in [1.29, 1.82) is 0 Å². The van der Waals surface area contributed by atoms with Gasteiger partial charge in [0.1, 0.15) is 6.54 Å². The van der Waals surface area contributed by atoms with Crippen molar-refractivity contribution in [2.45, 2.75) is 12.8 Å². The number of benzene rings is 3. The maximum atomic E-state index is 12.4. The van der Waals surface area contributed by atoms with Crippen LogP contribution in [-0.2, 0) is 27.7 Å². The summed E-state index contributed by atoms with van der Waals surface area (Å²) in [4.78, 5) is 12.4. The average molecular weight is 486 g/mol. The molecule has 6 nitrogen and oxygen atoms in total. The molecule has 3 aromatic carbocycles. The van der Waals surface area contributed by atoms with Gasteiger partial charge in [-0.05, 0) is 62.8 Å². The fourth-order valence-electron chi connectivity index (χ4n) is 3.76. The van der Waals surface area contributed by atoms with Crippen LogP contribution in [0.15, 0.2) is 64.2 Å². The van der Waals surface area contributed by atoms with Crippen molar-refractivity contribution < 1.29 is 13.2 Å². The summed E-state index contributed by atoms with van der Waals surface area (Å²) in [5, 5.41) is 6.44. The normalized spacial score (nSPS) is 13.1. The number of nitrogens with zero attached hydrogens (tertiary/aromatic N) is 2. The van der Waals surface area contributed by atoms with Crippen molar-refractivity contribution in [3.05, 3.63) is 75.8 Å². The Bertz CT molecular complexity index is 1260. The summed E-state index contributed by atoms with van der Waals surface area (Å²) in [6.45, 7) is -0.372. The highest BCUT2D eigenvalue weighted by Gasteiger charge is 2.22. The van der Waals surface area contributed by atoms with Gasteiger partial charge in [0.25, 0.3) is 5.91 Å². The van der Waals surface area contributed by atoms with E-state index in [0.717, 1.165) is 34.4 Å². The molecule has 0 saturated heterocycles. The number of carbonyl (C=O) groups excluding carboxylic acids is 1. The number of rotatable bonds is 6. The molecule has 4 rings (SSSR count). The topological polar surface area (TPSA) is 78.8 Å². The zero-order chi connectivity index (χ0) is 21.3. The molecule has 0 spiro atoms. The van der Waals surface area contributed by atoms with Crippen LogP contribution < -0.4 is 9.73 Å². The highest BCUT2D eigenvalue weighted by molar-refractivity contribution is 9.10. The molecule has 0 bridgehead atoms. The summed E-state index contributed by atoms with van der Waals surface area (Å²) in [7, 11) is -3.65. The Morgan fingerprint density at radius 2 is 1.83 bits per heavy atom. The van der Waals surface area contributed by atoms with Crippen molar-refractivity contribution in [1.82, 2.24) is 5.43 Å². The molecule has 0 heterocycles. The first-order valence-electron chi connectivity index (χ1n) is 9.42. The number of hydrogen-bond acceptors (Lipinski definition) is 4. The van der Waals surface area contributed by atoms with E-state index in [4.69, 9.17) is 0 Å². The number of carbonyl (C=O) groups is 1. The fraction of sp³-hybridized carbons (Fsp3) is 0.182. The van der Waals surface area contributed by atoms with Gasteiger partial charge in [0.2, 0.25) is 10.0 Å². The van der Waals surface area contributed by atoms with Gasteiger partial charge >= 0.3 is 0 Å². The highest BCUT2D eigenvalue weighted by Crippen LogP contribution is 2.32. The lowest BCUT2D eigenvalue weighted by atomic mass is 10.0. The van der Waals surface area contributed by atoms with Crippen LogP contribution in [0.1, 0.15) is 16.7 Å². The van der Waals surface area contributed by atoms with E-state index in [2.05, 4.69) is 44.7 Å². The van der Waals surface area contributed by atoms with E-state index in [0.29, 0.717) is 10.2 Å². The molecule has 1 aliphatic rings. The van der Waals surface area contributed by atoms with Crippen LogP contribution in [0.3, 0.4) is 0 Å². The molecule has 154 valence electrons. The van der Waals surface area contributed by atoms with E-state index in [9.17, 15) is 13.2 Å². The first-order valence-corrected chi connectivity index (χ1v) is 12.1. The summed E-state index contributed by atoms with van der Waals surface area (Å²) >= 11 is 3.33. The number of aryl methyl sites for hydroxylation is 2.